The van der Waals surface area contributed by atoms with E-state index in [1.54, 1.807) is 0 Å². The average Bonchev–Trinajstić information content (AvgIpc) is 2.31. The van der Waals surface area contributed by atoms with Crippen LogP contribution in [-0.4, -0.2) is 23.3 Å². The minimum absolute atomic E-state index is 0.494. The van der Waals surface area contributed by atoms with Crippen LogP contribution in [0.1, 0.15) is 49.3 Å². The summed E-state index contributed by atoms with van der Waals surface area (Å²) in [6, 6.07) is 7.21. The third-order valence-electron chi connectivity index (χ3n) is 4.22. The van der Waals surface area contributed by atoms with Crippen LogP contribution >= 0.6 is 0 Å². The molecule has 0 aromatic heterocycles. The number of nitrogens with one attached hydrogen (secondary N) is 1. The summed E-state index contributed by atoms with van der Waals surface area (Å²) in [7, 11) is 0. The van der Waals surface area contributed by atoms with E-state index >= 15 is 0 Å². The van der Waals surface area contributed by atoms with Crippen LogP contribution in [-0.2, 0) is 6.42 Å². The van der Waals surface area contributed by atoms with Gasteiger partial charge in [0.05, 0.1) is 5.60 Å². The van der Waals surface area contributed by atoms with Crippen LogP contribution in [0.5, 0.6) is 0 Å². The summed E-state index contributed by atoms with van der Waals surface area (Å²) in [6.07, 6.45) is 4.81. The quantitative estimate of drug-likeness (QED) is 0.873. The standard InChI is InChI=1S/C17H27NO/c1-4-18-16-5-7-17(19,8-6-16)12-15-10-13(2)9-14(3)11-15/h9-11,16,18-19H,4-8,12H2,1-3H3. The lowest BCUT2D eigenvalue weighted by atomic mass is 9.78. The normalized spacial score (nSPS) is 27.5. The molecule has 106 valence electrons. The summed E-state index contributed by atoms with van der Waals surface area (Å²) in [4.78, 5) is 0. The molecule has 2 N–H and O–H groups in total. The van der Waals surface area contributed by atoms with Gasteiger partial charge < -0.3 is 10.4 Å². The zero-order valence-corrected chi connectivity index (χ0v) is 12.5. The third-order valence-corrected chi connectivity index (χ3v) is 4.22. The zero-order chi connectivity index (χ0) is 13.9. The maximum atomic E-state index is 10.8. The second-order valence-electron chi connectivity index (χ2n) is 6.23. The Bertz CT molecular complexity index is 399. The number of hydrogen-bond acceptors (Lipinski definition) is 2. The van der Waals surface area contributed by atoms with Crippen molar-refractivity contribution in [1.29, 1.82) is 0 Å². The van der Waals surface area contributed by atoms with E-state index in [1.807, 2.05) is 0 Å². The van der Waals surface area contributed by atoms with Crippen LogP contribution < -0.4 is 5.32 Å². The summed E-state index contributed by atoms with van der Waals surface area (Å²) < 4.78 is 0. The van der Waals surface area contributed by atoms with Gasteiger partial charge in [0.25, 0.3) is 0 Å². The van der Waals surface area contributed by atoms with Gasteiger partial charge in [-0.1, -0.05) is 36.2 Å². The van der Waals surface area contributed by atoms with E-state index in [1.165, 1.54) is 16.7 Å². The van der Waals surface area contributed by atoms with Crippen molar-refractivity contribution in [2.45, 2.75) is 64.5 Å². The molecule has 1 aromatic carbocycles. The van der Waals surface area contributed by atoms with Crippen molar-refractivity contribution in [3.8, 4) is 0 Å². The Balaban J connectivity index is 1.98. The van der Waals surface area contributed by atoms with Gasteiger partial charge in [0.1, 0.15) is 0 Å². The average molecular weight is 261 g/mol. The predicted molar refractivity (Wildman–Crippen MR) is 80.5 cm³/mol. The van der Waals surface area contributed by atoms with Gasteiger partial charge in [-0.25, -0.2) is 0 Å². The molecule has 2 heteroatoms. The van der Waals surface area contributed by atoms with Crippen LogP contribution in [0.4, 0.5) is 0 Å². The highest BCUT2D eigenvalue weighted by Crippen LogP contribution is 2.31. The van der Waals surface area contributed by atoms with Gasteiger partial charge in [-0.15, -0.1) is 0 Å². The molecule has 1 fully saturated rings. The fourth-order valence-corrected chi connectivity index (χ4v) is 3.38. The molecule has 0 saturated heterocycles. The summed E-state index contributed by atoms with van der Waals surface area (Å²) in [6.45, 7) is 7.43. The van der Waals surface area contributed by atoms with Gasteiger partial charge in [-0.3, -0.25) is 0 Å². The zero-order valence-electron chi connectivity index (χ0n) is 12.5. The fourth-order valence-electron chi connectivity index (χ4n) is 3.38. The highest BCUT2D eigenvalue weighted by Gasteiger charge is 2.32. The first-order chi connectivity index (χ1) is 9.00. The predicted octanol–water partition coefficient (Wildman–Crippen LogP) is 3.13. The molecule has 0 heterocycles. The first kappa shape index (κ1) is 14.5. The maximum Gasteiger partial charge on any atom is 0.0689 e. The van der Waals surface area contributed by atoms with E-state index in [-0.39, 0.29) is 0 Å². The van der Waals surface area contributed by atoms with Gasteiger partial charge in [0.15, 0.2) is 0 Å². The van der Waals surface area contributed by atoms with Gasteiger partial charge in [-0.05, 0) is 51.6 Å². The Labute approximate surface area is 117 Å². The summed E-state index contributed by atoms with van der Waals surface area (Å²) in [5.41, 5.74) is 3.37. The Morgan fingerprint density at radius 2 is 1.74 bits per heavy atom. The molecule has 0 bridgehead atoms. The molecule has 2 nitrogen and oxygen atoms in total. The minimum Gasteiger partial charge on any atom is -0.390 e. The molecule has 1 aliphatic rings. The van der Waals surface area contributed by atoms with Crippen molar-refractivity contribution >= 4 is 0 Å². The minimum atomic E-state index is -0.494. The number of rotatable bonds is 4. The van der Waals surface area contributed by atoms with E-state index in [0.717, 1.165) is 38.6 Å². The number of benzene rings is 1. The second kappa shape index (κ2) is 6.06. The van der Waals surface area contributed by atoms with Crippen LogP contribution in [0.3, 0.4) is 0 Å². The van der Waals surface area contributed by atoms with Crippen LogP contribution in [0.2, 0.25) is 0 Å². The molecule has 0 atom stereocenters. The highest BCUT2D eigenvalue weighted by molar-refractivity contribution is 5.29. The Kier molecular flexibility index (Phi) is 4.64. The van der Waals surface area contributed by atoms with Crippen molar-refractivity contribution in [1.82, 2.24) is 5.32 Å². The van der Waals surface area contributed by atoms with Gasteiger partial charge in [0, 0.05) is 12.5 Å². The lowest BCUT2D eigenvalue weighted by molar-refractivity contribution is -0.00295. The molecule has 0 amide bonds. The van der Waals surface area contributed by atoms with Gasteiger partial charge in [0.2, 0.25) is 0 Å². The lowest BCUT2D eigenvalue weighted by Crippen LogP contribution is -2.42. The first-order valence-corrected chi connectivity index (χ1v) is 7.54. The lowest BCUT2D eigenvalue weighted by Gasteiger charge is -2.36. The van der Waals surface area contributed by atoms with Crippen molar-refractivity contribution in [3.05, 3.63) is 34.9 Å². The van der Waals surface area contributed by atoms with Crippen molar-refractivity contribution in [2.24, 2.45) is 0 Å². The van der Waals surface area contributed by atoms with Crippen molar-refractivity contribution < 1.29 is 5.11 Å². The van der Waals surface area contributed by atoms with Crippen molar-refractivity contribution in [2.75, 3.05) is 6.54 Å². The first-order valence-electron chi connectivity index (χ1n) is 7.54. The van der Waals surface area contributed by atoms with Crippen molar-refractivity contribution in [3.63, 3.8) is 0 Å². The Morgan fingerprint density at radius 1 is 1.16 bits per heavy atom. The SMILES string of the molecule is CCNC1CCC(O)(Cc2cc(C)cc(C)c2)CC1. The van der Waals surface area contributed by atoms with Crippen LogP contribution in [0.15, 0.2) is 18.2 Å². The van der Waals surface area contributed by atoms with E-state index in [0.29, 0.717) is 6.04 Å². The fraction of sp³-hybridized carbons (Fsp3) is 0.647. The van der Waals surface area contributed by atoms with E-state index in [2.05, 4.69) is 44.3 Å². The number of aryl methyl sites for hydroxylation is 2. The van der Waals surface area contributed by atoms with Crippen LogP contribution in [0, 0.1) is 13.8 Å². The Hall–Kier alpha value is -0.860. The number of aliphatic hydroxyl groups is 1. The van der Waals surface area contributed by atoms with Crippen LogP contribution in [0.25, 0.3) is 0 Å². The molecular formula is C17H27NO. The van der Waals surface area contributed by atoms with E-state index < -0.39 is 5.60 Å². The molecule has 0 aliphatic heterocycles. The largest absolute Gasteiger partial charge is 0.390 e. The summed E-state index contributed by atoms with van der Waals surface area (Å²) >= 11 is 0. The van der Waals surface area contributed by atoms with E-state index in [4.69, 9.17) is 0 Å². The molecule has 1 aliphatic carbocycles. The monoisotopic (exact) mass is 261 g/mol. The number of hydrogen-bond donors (Lipinski definition) is 2. The molecule has 1 aromatic rings. The third kappa shape index (κ3) is 4.05. The Morgan fingerprint density at radius 3 is 2.26 bits per heavy atom. The maximum absolute atomic E-state index is 10.8. The molecule has 19 heavy (non-hydrogen) atoms. The molecular weight excluding hydrogens is 234 g/mol. The smallest absolute Gasteiger partial charge is 0.0689 e. The highest BCUT2D eigenvalue weighted by atomic mass is 16.3. The van der Waals surface area contributed by atoms with Gasteiger partial charge in [-0.2, -0.15) is 0 Å². The molecule has 0 unspecified atom stereocenters. The van der Waals surface area contributed by atoms with Gasteiger partial charge >= 0.3 is 0 Å². The molecule has 2 rings (SSSR count). The molecule has 1 saturated carbocycles. The molecule has 0 spiro atoms. The van der Waals surface area contributed by atoms with E-state index in [9.17, 15) is 5.11 Å². The summed E-state index contributed by atoms with van der Waals surface area (Å²) in [5.74, 6) is 0. The topological polar surface area (TPSA) is 32.3 Å². The second-order valence-corrected chi connectivity index (χ2v) is 6.23. The molecule has 0 radical (unpaired) electrons. The summed E-state index contributed by atoms with van der Waals surface area (Å²) in [5, 5.41) is 14.3.